The number of rotatable bonds is 3. The molecule has 20 heavy (non-hydrogen) atoms. The Morgan fingerprint density at radius 1 is 1.15 bits per heavy atom. The lowest BCUT2D eigenvalue weighted by molar-refractivity contribution is 0.415. The average Bonchev–Trinajstić information content (AvgIpc) is 2.49. The van der Waals surface area contributed by atoms with E-state index in [9.17, 15) is 0 Å². The van der Waals surface area contributed by atoms with Gasteiger partial charge < -0.3 is 10.1 Å². The molecule has 2 aromatic heterocycles. The second-order valence-corrected chi connectivity index (χ2v) is 4.41. The minimum Gasteiger partial charge on any atom is -0.497 e. The number of anilines is 2. The number of ether oxygens (including phenoxy) is 1. The highest BCUT2D eigenvalue weighted by atomic mass is 16.5. The molecule has 0 bridgehead atoms. The van der Waals surface area contributed by atoms with E-state index in [1.54, 1.807) is 19.5 Å². The predicted octanol–water partition coefficient (Wildman–Crippen LogP) is 3.09. The zero-order valence-corrected chi connectivity index (χ0v) is 11.3. The van der Waals surface area contributed by atoms with E-state index in [1.807, 2.05) is 37.3 Å². The van der Waals surface area contributed by atoms with Crippen LogP contribution in [0.15, 0.2) is 42.7 Å². The Balaban J connectivity index is 1.96. The van der Waals surface area contributed by atoms with Crippen molar-refractivity contribution in [2.24, 2.45) is 0 Å². The summed E-state index contributed by atoms with van der Waals surface area (Å²) in [6.45, 7) is 2.03. The first-order valence-corrected chi connectivity index (χ1v) is 6.26. The van der Waals surface area contributed by atoms with Crippen LogP contribution in [0.2, 0.25) is 0 Å². The molecule has 0 aliphatic carbocycles. The first-order valence-electron chi connectivity index (χ1n) is 6.26. The van der Waals surface area contributed by atoms with Crippen molar-refractivity contribution in [3.05, 3.63) is 48.3 Å². The van der Waals surface area contributed by atoms with Crippen LogP contribution in [0.3, 0.4) is 0 Å². The predicted molar refractivity (Wildman–Crippen MR) is 78.3 cm³/mol. The van der Waals surface area contributed by atoms with Gasteiger partial charge in [0.2, 0.25) is 0 Å². The summed E-state index contributed by atoms with van der Waals surface area (Å²) >= 11 is 0. The van der Waals surface area contributed by atoms with Gasteiger partial charge in [-0.1, -0.05) is 6.07 Å². The van der Waals surface area contributed by atoms with Gasteiger partial charge in [-0.15, -0.1) is 0 Å². The van der Waals surface area contributed by atoms with Crippen molar-refractivity contribution < 1.29 is 4.74 Å². The molecule has 0 saturated heterocycles. The van der Waals surface area contributed by atoms with Gasteiger partial charge in [-0.25, -0.2) is 15.0 Å². The fourth-order valence-corrected chi connectivity index (χ4v) is 1.92. The molecule has 5 nitrogen and oxygen atoms in total. The third-order valence-corrected chi connectivity index (χ3v) is 3.02. The van der Waals surface area contributed by atoms with Crippen molar-refractivity contribution >= 4 is 22.7 Å². The standard InChI is InChI=1S/C15H14N4O/c1-10-5-6-11(20-2)8-13(10)19-14-9-17-15-12(18-14)4-3-7-16-15/h3-9H,1-2H3,(H,18,19). The molecule has 0 aliphatic rings. The summed E-state index contributed by atoms with van der Waals surface area (Å²) in [5.41, 5.74) is 3.46. The molecule has 1 aromatic carbocycles. The Morgan fingerprint density at radius 2 is 2.05 bits per heavy atom. The SMILES string of the molecule is COc1ccc(C)c(Nc2cnc3ncccc3n2)c1. The smallest absolute Gasteiger partial charge is 0.178 e. The summed E-state index contributed by atoms with van der Waals surface area (Å²) < 4.78 is 5.23. The van der Waals surface area contributed by atoms with Crippen molar-refractivity contribution in [2.75, 3.05) is 12.4 Å². The molecule has 0 amide bonds. The molecule has 0 radical (unpaired) electrons. The Labute approximate surface area is 116 Å². The van der Waals surface area contributed by atoms with Crippen molar-refractivity contribution in [1.82, 2.24) is 15.0 Å². The zero-order valence-electron chi connectivity index (χ0n) is 11.3. The van der Waals surface area contributed by atoms with Crippen LogP contribution in [0, 0.1) is 6.92 Å². The minimum atomic E-state index is 0.639. The molecule has 2 heterocycles. The Kier molecular flexibility index (Phi) is 3.16. The van der Waals surface area contributed by atoms with E-state index in [0.29, 0.717) is 11.5 Å². The average molecular weight is 266 g/mol. The molecule has 0 aliphatic heterocycles. The second kappa shape index (κ2) is 5.13. The number of fused-ring (bicyclic) bond motifs is 1. The normalized spacial score (nSPS) is 10.5. The number of pyridine rings is 1. The van der Waals surface area contributed by atoms with E-state index in [0.717, 1.165) is 22.5 Å². The van der Waals surface area contributed by atoms with Crippen molar-refractivity contribution in [1.29, 1.82) is 0 Å². The van der Waals surface area contributed by atoms with Crippen LogP contribution in [0.25, 0.3) is 11.2 Å². The number of hydrogen-bond donors (Lipinski definition) is 1. The van der Waals surface area contributed by atoms with E-state index in [-0.39, 0.29) is 0 Å². The summed E-state index contributed by atoms with van der Waals surface area (Å²) in [5, 5.41) is 3.26. The third-order valence-electron chi connectivity index (χ3n) is 3.02. The lowest BCUT2D eigenvalue weighted by Gasteiger charge is -2.10. The number of hydrogen-bond acceptors (Lipinski definition) is 5. The molecule has 0 unspecified atom stereocenters. The first-order chi connectivity index (χ1) is 9.76. The van der Waals surface area contributed by atoms with Crippen molar-refractivity contribution in [3.63, 3.8) is 0 Å². The van der Waals surface area contributed by atoms with Crippen molar-refractivity contribution in [3.8, 4) is 5.75 Å². The zero-order chi connectivity index (χ0) is 13.9. The van der Waals surface area contributed by atoms with Gasteiger partial charge in [0.05, 0.1) is 13.3 Å². The summed E-state index contributed by atoms with van der Waals surface area (Å²) in [6, 6.07) is 9.59. The molecule has 3 aromatic rings. The maximum Gasteiger partial charge on any atom is 0.178 e. The molecular formula is C15H14N4O. The van der Waals surface area contributed by atoms with Gasteiger partial charge in [0, 0.05) is 18.0 Å². The van der Waals surface area contributed by atoms with Crippen LogP contribution in [-0.4, -0.2) is 22.1 Å². The van der Waals surface area contributed by atoms with Gasteiger partial charge in [-0.05, 0) is 30.7 Å². The molecule has 100 valence electrons. The Morgan fingerprint density at radius 3 is 2.90 bits per heavy atom. The summed E-state index contributed by atoms with van der Waals surface area (Å²) in [7, 11) is 1.65. The number of nitrogens with zero attached hydrogens (tertiary/aromatic N) is 3. The van der Waals surface area contributed by atoms with Gasteiger partial charge in [0.1, 0.15) is 17.1 Å². The van der Waals surface area contributed by atoms with E-state index in [1.165, 1.54) is 0 Å². The van der Waals surface area contributed by atoms with Crippen LogP contribution >= 0.6 is 0 Å². The maximum atomic E-state index is 5.23. The molecule has 3 rings (SSSR count). The van der Waals surface area contributed by atoms with Crippen LogP contribution in [0.4, 0.5) is 11.5 Å². The molecular weight excluding hydrogens is 252 g/mol. The van der Waals surface area contributed by atoms with Gasteiger partial charge in [0.25, 0.3) is 0 Å². The van der Waals surface area contributed by atoms with E-state index in [2.05, 4.69) is 20.3 Å². The highest BCUT2D eigenvalue weighted by molar-refractivity contribution is 5.72. The number of aryl methyl sites for hydroxylation is 1. The van der Waals surface area contributed by atoms with E-state index >= 15 is 0 Å². The van der Waals surface area contributed by atoms with Crippen LogP contribution < -0.4 is 10.1 Å². The maximum absolute atomic E-state index is 5.23. The largest absolute Gasteiger partial charge is 0.497 e. The minimum absolute atomic E-state index is 0.639. The van der Waals surface area contributed by atoms with E-state index < -0.39 is 0 Å². The van der Waals surface area contributed by atoms with Gasteiger partial charge in [-0.3, -0.25) is 0 Å². The van der Waals surface area contributed by atoms with Gasteiger partial charge in [-0.2, -0.15) is 0 Å². The fraction of sp³-hybridized carbons (Fsp3) is 0.133. The highest BCUT2D eigenvalue weighted by Gasteiger charge is 2.04. The van der Waals surface area contributed by atoms with Gasteiger partial charge in [0.15, 0.2) is 5.65 Å². The summed E-state index contributed by atoms with van der Waals surface area (Å²) in [6.07, 6.45) is 3.38. The van der Waals surface area contributed by atoms with Crippen LogP contribution in [0.1, 0.15) is 5.56 Å². The highest BCUT2D eigenvalue weighted by Crippen LogP contribution is 2.24. The number of methoxy groups -OCH3 is 1. The lowest BCUT2D eigenvalue weighted by atomic mass is 10.2. The quantitative estimate of drug-likeness (QED) is 0.789. The Bertz CT molecular complexity index is 758. The summed E-state index contributed by atoms with van der Waals surface area (Å²) in [5.74, 6) is 1.48. The molecule has 0 spiro atoms. The number of aromatic nitrogens is 3. The number of nitrogens with one attached hydrogen (secondary N) is 1. The van der Waals surface area contributed by atoms with Gasteiger partial charge >= 0.3 is 0 Å². The topological polar surface area (TPSA) is 59.9 Å². The van der Waals surface area contributed by atoms with Crippen LogP contribution in [0.5, 0.6) is 5.75 Å². The van der Waals surface area contributed by atoms with E-state index in [4.69, 9.17) is 4.74 Å². The lowest BCUT2D eigenvalue weighted by Crippen LogP contribution is -1.98. The molecule has 0 fully saturated rings. The number of benzene rings is 1. The summed E-state index contributed by atoms with van der Waals surface area (Å²) in [4.78, 5) is 12.9. The monoisotopic (exact) mass is 266 g/mol. The first kappa shape index (κ1) is 12.3. The fourth-order valence-electron chi connectivity index (χ4n) is 1.92. The van der Waals surface area contributed by atoms with Crippen LogP contribution in [-0.2, 0) is 0 Å². The Hall–Kier alpha value is -2.69. The molecule has 1 N–H and O–H groups in total. The molecule has 0 atom stereocenters. The van der Waals surface area contributed by atoms with Crippen molar-refractivity contribution in [2.45, 2.75) is 6.92 Å². The second-order valence-electron chi connectivity index (χ2n) is 4.41. The molecule has 5 heteroatoms. The third kappa shape index (κ3) is 2.38. The molecule has 0 saturated carbocycles.